The molecule has 108 valence electrons. The summed E-state index contributed by atoms with van der Waals surface area (Å²) in [6.07, 6.45) is 2.72. The van der Waals surface area contributed by atoms with Crippen LogP contribution < -0.4 is 0 Å². The maximum Gasteiger partial charge on any atom is 0.269 e. The highest BCUT2D eigenvalue weighted by Crippen LogP contribution is 2.43. The van der Waals surface area contributed by atoms with Crippen molar-refractivity contribution in [2.24, 2.45) is 0 Å². The number of carbonyl (C=O) groups excluding carboxylic acids is 1. The molecule has 0 amide bonds. The van der Waals surface area contributed by atoms with Gasteiger partial charge in [0.25, 0.3) is 5.69 Å². The molecule has 0 N–H and O–H groups in total. The van der Waals surface area contributed by atoms with Crippen LogP contribution in [0.3, 0.4) is 0 Å². The van der Waals surface area contributed by atoms with Gasteiger partial charge in [-0.15, -0.1) is 0 Å². The quantitative estimate of drug-likeness (QED) is 0.629. The summed E-state index contributed by atoms with van der Waals surface area (Å²) in [5.74, 6) is 0.0637. The van der Waals surface area contributed by atoms with Gasteiger partial charge in [-0.25, -0.2) is 0 Å². The maximum atomic E-state index is 12.0. The third-order valence-electron chi connectivity index (χ3n) is 3.74. The van der Waals surface area contributed by atoms with Crippen molar-refractivity contribution in [3.05, 3.63) is 57.9 Å². The number of nitro benzene ring substituents is 1. The molecule has 2 aliphatic heterocycles. The molecule has 0 saturated carbocycles. The number of nitrogens with zero attached hydrogens (tertiary/aromatic N) is 1. The summed E-state index contributed by atoms with van der Waals surface area (Å²) < 4.78 is 10.8. The van der Waals surface area contributed by atoms with Crippen molar-refractivity contribution in [1.82, 2.24) is 0 Å². The average molecular weight is 287 g/mol. The first-order chi connectivity index (χ1) is 9.94. The smallest absolute Gasteiger partial charge is 0.269 e. The lowest BCUT2D eigenvalue weighted by atomic mass is 9.90. The standard InChI is InChI=1S/C15H13NO5/c1-15-8-13(20-2)14(17)12(21-15)7-11(15)9-3-5-10(6-4-9)16(18)19/h3-8,12H,1-2H3/t12-,15-/m1/s1. The van der Waals surface area contributed by atoms with E-state index in [9.17, 15) is 14.9 Å². The van der Waals surface area contributed by atoms with Crippen molar-refractivity contribution in [3.63, 3.8) is 0 Å². The summed E-state index contributed by atoms with van der Waals surface area (Å²) in [5.41, 5.74) is 0.852. The molecule has 0 saturated heterocycles. The Labute approximate surface area is 120 Å². The number of ether oxygens (including phenoxy) is 2. The number of nitro groups is 1. The van der Waals surface area contributed by atoms with Crippen LogP contribution >= 0.6 is 0 Å². The molecule has 0 radical (unpaired) electrons. The number of carbonyl (C=O) groups is 1. The number of fused-ring (bicyclic) bond motifs is 2. The number of Topliss-reactive ketones (excluding diaryl/α,β-unsaturated/α-hetero) is 1. The van der Waals surface area contributed by atoms with Crippen molar-refractivity contribution in [1.29, 1.82) is 0 Å². The van der Waals surface area contributed by atoms with Crippen LogP contribution in [0.1, 0.15) is 12.5 Å². The number of methoxy groups -OCH3 is 1. The van der Waals surface area contributed by atoms with Gasteiger partial charge < -0.3 is 9.47 Å². The average Bonchev–Trinajstić information content (AvgIpc) is 2.77. The predicted molar refractivity (Wildman–Crippen MR) is 74.5 cm³/mol. The second kappa shape index (κ2) is 4.53. The summed E-state index contributed by atoms with van der Waals surface area (Å²) in [5, 5.41) is 10.7. The molecule has 2 aliphatic rings. The normalized spacial score (nSPS) is 27.1. The fourth-order valence-electron chi connectivity index (χ4n) is 2.69. The van der Waals surface area contributed by atoms with E-state index in [0.717, 1.165) is 11.1 Å². The Morgan fingerprint density at radius 1 is 1.33 bits per heavy atom. The molecule has 3 rings (SSSR count). The summed E-state index contributed by atoms with van der Waals surface area (Å²) in [6.45, 7) is 1.84. The molecule has 0 aliphatic carbocycles. The van der Waals surface area contributed by atoms with E-state index in [1.165, 1.54) is 19.2 Å². The lowest BCUT2D eigenvalue weighted by Gasteiger charge is -2.29. The second-order valence-electron chi connectivity index (χ2n) is 5.11. The van der Waals surface area contributed by atoms with Gasteiger partial charge in [-0.1, -0.05) is 0 Å². The van der Waals surface area contributed by atoms with Crippen molar-refractivity contribution >= 4 is 17.0 Å². The van der Waals surface area contributed by atoms with Gasteiger partial charge in [-0.3, -0.25) is 14.9 Å². The molecule has 6 nitrogen and oxygen atoms in total. The summed E-state index contributed by atoms with van der Waals surface area (Å²) in [4.78, 5) is 22.3. The van der Waals surface area contributed by atoms with Crippen LogP contribution in [0.5, 0.6) is 0 Å². The number of hydrogen-bond acceptors (Lipinski definition) is 5. The van der Waals surface area contributed by atoms with Crippen LogP contribution in [-0.4, -0.2) is 29.5 Å². The van der Waals surface area contributed by atoms with E-state index in [2.05, 4.69) is 0 Å². The van der Waals surface area contributed by atoms with Crippen molar-refractivity contribution < 1.29 is 19.2 Å². The lowest BCUT2D eigenvalue weighted by molar-refractivity contribution is -0.384. The first-order valence-corrected chi connectivity index (χ1v) is 6.40. The summed E-state index contributed by atoms with van der Waals surface area (Å²) in [6, 6.07) is 6.18. The van der Waals surface area contributed by atoms with E-state index < -0.39 is 16.6 Å². The molecule has 2 bridgehead atoms. The molecule has 0 unspecified atom stereocenters. The third kappa shape index (κ3) is 2.04. The van der Waals surface area contributed by atoms with Crippen LogP contribution in [-0.2, 0) is 14.3 Å². The van der Waals surface area contributed by atoms with E-state index in [1.807, 2.05) is 6.92 Å². The molecule has 21 heavy (non-hydrogen) atoms. The Morgan fingerprint density at radius 3 is 2.57 bits per heavy atom. The molecule has 2 atom stereocenters. The van der Waals surface area contributed by atoms with E-state index in [1.54, 1.807) is 24.3 Å². The van der Waals surface area contributed by atoms with Crippen LogP contribution in [0.4, 0.5) is 5.69 Å². The molecule has 0 aromatic heterocycles. The number of rotatable bonds is 3. The SMILES string of the molecule is COC1=C[C@@]2(C)O[C@H](C=C2c2ccc([N+](=O)[O-])cc2)C1=O. The van der Waals surface area contributed by atoms with Gasteiger partial charge in [0.1, 0.15) is 11.7 Å². The van der Waals surface area contributed by atoms with Gasteiger partial charge in [0.05, 0.1) is 12.0 Å². The van der Waals surface area contributed by atoms with Crippen molar-refractivity contribution in [2.75, 3.05) is 7.11 Å². The summed E-state index contributed by atoms with van der Waals surface area (Å²) in [7, 11) is 1.45. The topological polar surface area (TPSA) is 78.7 Å². The highest BCUT2D eigenvalue weighted by Gasteiger charge is 2.46. The van der Waals surface area contributed by atoms with Gasteiger partial charge in [-0.2, -0.15) is 0 Å². The zero-order valence-corrected chi connectivity index (χ0v) is 11.5. The Bertz CT molecular complexity index is 689. The number of ketones is 1. The van der Waals surface area contributed by atoms with Crippen molar-refractivity contribution in [3.8, 4) is 0 Å². The molecule has 6 heteroatoms. The van der Waals surface area contributed by atoms with Gasteiger partial charge in [-0.05, 0) is 42.3 Å². The molecular weight excluding hydrogens is 274 g/mol. The number of benzene rings is 1. The van der Waals surface area contributed by atoms with Crippen LogP contribution in [0.2, 0.25) is 0 Å². The molecule has 0 spiro atoms. The van der Waals surface area contributed by atoms with Crippen LogP contribution in [0, 0.1) is 10.1 Å². The Morgan fingerprint density at radius 2 is 2.00 bits per heavy atom. The highest BCUT2D eigenvalue weighted by atomic mass is 16.6. The van der Waals surface area contributed by atoms with E-state index >= 15 is 0 Å². The maximum absolute atomic E-state index is 12.0. The first-order valence-electron chi connectivity index (χ1n) is 6.40. The van der Waals surface area contributed by atoms with Crippen molar-refractivity contribution in [2.45, 2.75) is 18.6 Å². The number of non-ortho nitro benzene ring substituents is 1. The molecule has 2 heterocycles. The minimum absolute atomic E-state index is 0.0237. The Hall–Kier alpha value is -2.47. The largest absolute Gasteiger partial charge is 0.493 e. The van der Waals surface area contributed by atoms with Gasteiger partial charge in [0.2, 0.25) is 5.78 Å². The monoisotopic (exact) mass is 287 g/mol. The van der Waals surface area contributed by atoms with Crippen LogP contribution in [0.15, 0.2) is 42.2 Å². The van der Waals surface area contributed by atoms with E-state index in [4.69, 9.17) is 9.47 Å². The third-order valence-corrected chi connectivity index (χ3v) is 3.74. The summed E-state index contributed by atoms with van der Waals surface area (Å²) >= 11 is 0. The number of hydrogen-bond donors (Lipinski definition) is 0. The van der Waals surface area contributed by atoms with Crippen LogP contribution in [0.25, 0.3) is 5.57 Å². The highest BCUT2D eigenvalue weighted by molar-refractivity contribution is 6.03. The zero-order chi connectivity index (χ0) is 15.2. The second-order valence-corrected chi connectivity index (χ2v) is 5.11. The molecule has 1 aromatic rings. The van der Waals surface area contributed by atoms with E-state index in [-0.39, 0.29) is 17.2 Å². The zero-order valence-electron chi connectivity index (χ0n) is 11.5. The van der Waals surface area contributed by atoms with Gasteiger partial charge in [0, 0.05) is 12.1 Å². The fourth-order valence-corrected chi connectivity index (χ4v) is 2.69. The fraction of sp³-hybridized carbons (Fsp3) is 0.267. The minimum atomic E-state index is -0.764. The Kier molecular flexibility index (Phi) is 2.91. The minimum Gasteiger partial charge on any atom is -0.493 e. The predicted octanol–water partition coefficient (Wildman–Crippen LogP) is 2.25. The lowest BCUT2D eigenvalue weighted by Crippen LogP contribution is -2.36. The first kappa shape index (κ1) is 13.5. The molecular formula is C15H13NO5. The molecule has 1 aromatic carbocycles. The Balaban J connectivity index is 2.02. The van der Waals surface area contributed by atoms with Gasteiger partial charge >= 0.3 is 0 Å². The van der Waals surface area contributed by atoms with Gasteiger partial charge in [0.15, 0.2) is 5.76 Å². The van der Waals surface area contributed by atoms with E-state index in [0.29, 0.717) is 0 Å². The molecule has 0 fully saturated rings.